The molecule has 7 heteroatoms. The normalized spacial score (nSPS) is 13.2. The SMILES string of the molecule is C=CCC(NC(=O)OC(C)(C)C)C(=O)NC(CC=C)C(=O)OC. The number of hydrogen-bond donors (Lipinski definition) is 2. The fourth-order valence-electron chi connectivity index (χ4n) is 1.64. The lowest BCUT2D eigenvalue weighted by Crippen LogP contribution is -2.52. The maximum atomic E-state index is 12.3. The van der Waals surface area contributed by atoms with Gasteiger partial charge >= 0.3 is 12.1 Å². The number of carbonyl (C=O) groups excluding carboxylic acids is 3. The molecule has 0 saturated carbocycles. The number of rotatable bonds is 8. The van der Waals surface area contributed by atoms with Gasteiger partial charge in [-0.15, -0.1) is 13.2 Å². The first-order valence-electron chi connectivity index (χ1n) is 7.24. The number of carbonyl (C=O) groups is 3. The highest BCUT2D eigenvalue weighted by molar-refractivity contribution is 5.89. The Hall–Kier alpha value is -2.31. The van der Waals surface area contributed by atoms with E-state index in [1.807, 2.05) is 0 Å². The van der Waals surface area contributed by atoms with Crippen molar-refractivity contribution in [1.82, 2.24) is 10.6 Å². The van der Waals surface area contributed by atoms with Crippen LogP contribution < -0.4 is 10.6 Å². The van der Waals surface area contributed by atoms with E-state index in [0.29, 0.717) is 0 Å². The van der Waals surface area contributed by atoms with Crippen LogP contribution in [-0.4, -0.2) is 42.8 Å². The Morgan fingerprint density at radius 2 is 1.57 bits per heavy atom. The van der Waals surface area contributed by atoms with Crippen molar-refractivity contribution in [3.05, 3.63) is 25.3 Å². The van der Waals surface area contributed by atoms with Crippen molar-refractivity contribution in [2.24, 2.45) is 0 Å². The summed E-state index contributed by atoms with van der Waals surface area (Å²) in [6.45, 7) is 12.2. The van der Waals surface area contributed by atoms with Crippen LogP contribution in [0.4, 0.5) is 4.79 Å². The average molecular weight is 326 g/mol. The van der Waals surface area contributed by atoms with Gasteiger partial charge < -0.3 is 20.1 Å². The first kappa shape index (κ1) is 20.7. The van der Waals surface area contributed by atoms with Crippen LogP contribution in [0.1, 0.15) is 33.6 Å². The topological polar surface area (TPSA) is 93.7 Å². The Balaban J connectivity index is 4.89. The van der Waals surface area contributed by atoms with E-state index in [-0.39, 0.29) is 12.8 Å². The molecule has 2 atom stereocenters. The number of alkyl carbamates (subject to hydrolysis) is 1. The van der Waals surface area contributed by atoms with E-state index in [0.717, 1.165) is 0 Å². The fraction of sp³-hybridized carbons (Fsp3) is 0.562. The maximum absolute atomic E-state index is 12.3. The van der Waals surface area contributed by atoms with Gasteiger partial charge in [0.1, 0.15) is 17.7 Å². The summed E-state index contributed by atoms with van der Waals surface area (Å²) in [5.74, 6) is -1.12. The zero-order chi connectivity index (χ0) is 18.0. The third-order valence-corrected chi connectivity index (χ3v) is 2.61. The Morgan fingerprint density at radius 3 is 2.00 bits per heavy atom. The summed E-state index contributed by atoms with van der Waals surface area (Å²) in [5.41, 5.74) is -0.684. The van der Waals surface area contributed by atoms with Crippen LogP contribution in [0.25, 0.3) is 0 Å². The van der Waals surface area contributed by atoms with E-state index in [2.05, 4.69) is 28.5 Å². The van der Waals surface area contributed by atoms with E-state index in [4.69, 9.17) is 4.74 Å². The predicted molar refractivity (Wildman–Crippen MR) is 86.7 cm³/mol. The molecule has 2 N–H and O–H groups in total. The van der Waals surface area contributed by atoms with Crippen LogP contribution in [-0.2, 0) is 19.1 Å². The Labute approximate surface area is 137 Å². The van der Waals surface area contributed by atoms with Crippen LogP contribution in [0.2, 0.25) is 0 Å². The standard InChI is InChI=1S/C16H26N2O5/c1-7-9-11(18-15(21)23-16(3,4)5)13(19)17-12(10-8-2)14(20)22-6/h7-8,11-12H,1-2,9-10H2,3-6H3,(H,17,19)(H,18,21). The summed E-state index contributed by atoms with van der Waals surface area (Å²) in [4.78, 5) is 35.7. The Bertz CT molecular complexity index is 454. The second-order valence-electron chi connectivity index (χ2n) is 5.83. The molecule has 0 aliphatic carbocycles. The first-order valence-corrected chi connectivity index (χ1v) is 7.24. The molecule has 0 spiro atoms. The summed E-state index contributed by atoms with van der Waals surface area (Å²) in [6.07, 6.45) is 2.66. The molecule has 0 rings (SSSR count). The number of esters is 1. The summed E-state index contributed by atoms with van der Waals surface area (Å²) in [7, 11) is 1.23. The zero-order valence-electron chi connectivity index (χ0n) is 14.2. The number of hydrogen-bond acceptors (Lipinski definition) is 5. The van der Waals surface area contributed by atoms with Crippen LogP contribution in [0.15, 0.2) is 25.3 Å². The van der Waals surface area contributed by atoms with Crippen LogP contribution in [0.5, 0.6) is 0 Å². The Kier molecular flexibility index (Phi) is 8.69. The third-order valence-electron chi connectivity index (χ3n) is 2.61. The van der Waals surface area contributed by atoms with E-state index in [9.17, 15) is 14.4 Å². The van der Waals surface area contributed by atoms with Crippen LogP contribution in [0, 0.1) is 0 Å². The van der Waals surface area contributed by atoms with Gasteiger partial charge in [-0.05, 0) is 33.6 Å². The lowest BCUT2D eigenvalue weighted by atomic mass is 10.1. The van der Waals surface area contributed by atoms with Crippen molar-refractivity contribution < 1.29 is 23.9 Å². The molecule has 0 radical (unpaired) electrons. The van der Waals surface area contributed by atoms with E-state index in [1.165, 1.54) is 19.3 Å². The van der Waals surface area contributed by atoms with E-state index < -0.39 is 35.7 Å². The number of methoxy groups -OCH3 is 1. The quantitative estimate of drug-likeness (QED) is 0.523. The van der Waals surface area contributed by atoms with Gasteiger partial charge in [-0.1, -0.05) is 12.2 Å². The third kappa shape index (κ3) is 8.65. The lowest BCUT2D eigenvalue weighted by Gasteiger charge is -2.24. The molecule has 0 aliphatic heterocycles. The van der Waals surface area contributed by atoms with Crippen molar-refractivity contribution in [1.29, 1.82) is 0 Å². The summed E-state index contributed by atoms with van der Waals surface area (Å²) in [6, 6.07) is -1.77. The largest absolute Gasteiger partial charge is 0.467 e. The van der Waals surface area contributed by atoms with E-state index >= 15 is 0 Å². The number of ether oxygens (including phenoxy) is 2. The van der Waals surface area contributed by atoms with Gasteiger partial charge in [-0.2, -0.15) is 0 Å². The van der Waals surface area contributed by atoms with Gasteiger partial charge in [0.2, 0.25) is 5.91 Å². The van der Waals surface area contributed by atoms with Crippen molar-refractivity contribution in [2.45, 2.75) is 51.3 Å². The number of amides is 2. The molecule has 0 fully saturated rings. The highest BCUT2D eigenvalue weighted by atomic mass is 16.6. The van der Waals surface area contributed by atoms with Crippen molar-refractivity contribution in [3.8, 4) is 0 Å². The highest BCUT2D eigenvalue weighted by Crippen LogP contribution is 2.07. The lowest BCUT2D eigenvalue weighted by molar-refractivity contribution is -0.145. The Morgan fingerprint density at radius 1 is 1.04 bits per heavy atom. The molecule has 0 saturated heterocycles. The summed E-state index contributed by atoms with van der Waals surface area (Å²) < 4.78 is 9.73. The molecule has 2 unspecified atom stereocenters. The van der Waals surface area contributed by atoms with Gasteiger partial charge in [-0.25, -0.2) is 9.59 Å². The molecule has 0 heterocycles. The first-order chi connectivity index (χ1) is 10.6. The molecule has 23 heavy (non-hydrogen) atoms. The summed E-state index contributed by atoms with van der Waals surface area (Å²) >= 11 is 0. The smallest absolute Gasteiger partial charge is 0.408 e. The summed E-state index contributed by atoms with van der Waals surface area (Å²) in [5, 5.41) is 4.98. The molecular weight excluding hydrogens is 300 g/mol. The average Bonchev–Trinajstić information content (AvgIpc) is 2.43. The molecule has 0 aromatic heterocycles. The predicted octanol–water partition coefficient (Wildman–Crippen LogP) is 1.69. The minimum absolute atomic E-state index is 0.188. The molecular formula is C16H26N2O5. The second-order valence-corrected chi connectivity index (χ2v) is 5.83. The minimum Gasteiger partial charge on any atom is -0.467 e. The fourth-order valence-corrected chi connectivity index (χ4v) is 1.64. The minimum atomic E-state index is -0.903. The monoisotopic (exact) mass is 326 g/mol. The van der Waals surface area contributed by atoms with Crippen molar-refractivity contribution in [2.75, 3.05) is 7.11 Å². The van der Waals surface area contributed by atoms with Crippen LogP contribution in [0.3, 0.4) is 0 Å². The van der Waals surface area contributed by atoms with Gasteiger partial charge in [0.25, 0.3) is 0 Å². The van der Waals surface area contributed by atoms with Gasteiger partial charge in [-0.3, -0.25) is 4.79 Å². The second kappa shape index (κ2) is 9.66. The van der Waals surface area contributed by atoms with Gasteiger partial charge in [0.15, 0.2) is 0 Å². The number of nitrogens with one attached hydrogen (secondary N) is 2. The zero-order valence-corrected chi connectivity index (χ0v) is 14.2. The molecule has 130 valence electrons. The maximum Gasteiger partial charge on any atom is 0.408 e. The van der Waals surface area contributed by atoms with Gasteiger partial charge in [0, 0.05) is 0 Å². The molecule has 0 aromatic carbocycles. The molecule has 0 aliphatic rings. The molecule has 7 nitrogen and oxygen atoms in total. The molecule has 0 bridgehead atoms. The highest BCUT2D eigenvalue weighted by Gasteiger charge is 2.27. The van der Waals surface area contributed by atoms with Crippen LogP contribution >= 0.6 is 0 Å². The van der Waals surface area contributed by atoms with E-state index in [1.54, 1.807) is 20.8 Å². The van der Waals surface area contributed by atoms with Gasteiger partial charge in [0.05, 0.1) is 7.11 Å². The molecule has 0 aromatic rings. The van der Waals surface area contributed by atoms with Crippen molar-refractivity contribution in [3.63, 3.8) is 0 Å². The molecule has 2 amide bonds. The van der Waals surface area contributed by atoms with Crippen molar-refractivity contribution >= 4 is 18.0 Å².